The lowest BCUT2D eigenvalue weighted by atomic mass is 9.77. The van der Waals surface area contributed by atoms with Crippen LogP contribution in [0, 0.1) is 32.0 Å². The fourth-order valence-electron chi connectivity index (χ4n) is 5.31. The number of hydrogen-bond donors (Lipinski definition) is 1. The van der Waals surface area contributed by atoms with Crippen LogP contribution >= 0.6 is 23.4 Å². The predicted octanol–water partition coefficient (Wildman–Crippen LogP) is 6.69. The molecule has 1 fully saturated rings. The molecule has 1 aliphatic carbocycles. The van der Waals surface area contributed by atoms with E-state index in [4.69, 9.17) is 16.3 Å². The Morgan fingerprint density at radius 1 is 1.08 bits per heavy atom. The van der Waals surface area contributed by atoms with Gasteiger partial charge in [-0.3, -0.25) is 20.2 Å². The molecule has 3 aromatic rings. The summed E-state index contributed by atoms with van der Waals surface area (Å²) in [5.74, 6) is -0.431. The van der Waals surface area contributed by atoms with Crippen molar-refractivity contribution >= 4 is 40.4 Å². The van der Waals surface area contributed by atoms with Crippen LogP contribution in [0.1, 0.15) is 29.5 Å². The Morgan fingerprint density at radius 2 is 1.81 bits per heavy atom. The van der Waals surface area contributed by atoms with Gasteiger partial charge in [-0.15, -0.1) is 23.4 Å². The van der Waals surface area contributed by atoms with E-state index in [0.29, 0.717) is 28.3 Å². The number of non-ortho nitro benzene ring substituents is 1. The van der Waals surface area contributed by atoms with Crippen LogP contribution in [0.3, 0.4) is 0 Å². The molecule has 1 N–H and O–H groups in total. The van der Waals surface area contributed by atoms with Crippen molar-refractivity contribution in [1.82, 2.24) is 0 Å². The Hall–Kier alpha value is -3.37. The van der Waals surface area contributed by atoms with Crippen molar-refractivity contribution in [3.63, 3.8) is 0 Å². The quantitative estimate of drug-likeness (QED) is 0.215. The van der Waals surface area contributed by atoms with Crippen molar-refractivity contribution in [1.29, 1.82) is 0 Å². The molecular weight excluding hydrogens is 509 g/mol. The average molecular weight is 530 g/mol. The van der Waals surface area contributed by atoms with Gasteiger partial charge >= 0.3 is 0 Å². The van der Waals surface area contributed by atoms with Crippen molar-refractivity contribution in [3.8, 4) is 5.75 Å². The summed E-state index contributed by atoms with van der Waals surface area (Å²) < 4.78 is 19.2. The maximum Gasteiger partial charge on any atom is 0.282 e. The van der Waals surface area contributed by atoms with Crippen LogP contribution in [0.4, 0.5) is 21.5 Å². The molecule has 186 valence electrons. The Labute approximate surface area is 215 Å². The van der Waals surface area contributed by atoms with Gasteiger partial charge in [-0.05, 0) is 41.7 Å². The summed E-state index contributed by atoms with van der Waals surface area (Å²) in [6.45, 7) is 0. The molecular formula is C25H21ClFN3O5S. The first-order valence-electron chi connectivity index (χ1n) is 11.2. The second kappa shape index (κ2) is 9.59. The normalized spacial score (nSPS) is 24.4. The van der Waals surface area contributed by atoms with Gasteiger partial charge in [-0.2, -0.15) is 0 Å². The van der Waals surface area contributed by atoms with E-state index in [-0.39, 0.29) is 40.3 Å². The van der Waals surface area contributed by atoms with E-state index < -0.39 is 15.2 Å². The molecule has 5 atom stereocenters. The highest BCUT2D eigenvalue weighted by molar-refractivity contribution is 8.00. The van der Waals surface area contributed by atoms with E-state index in [0.717, 1.165) is 5.56 Å². The first-order chi connectivity index (χ1) is 17.3. The molecule has 5 rings (SSSR count). The first-order valence-corrected chi connectivity index (χ1v) is 12.5. The maximum atomic E-state index is 13.7. The summed E-state index contributed by atoms with van der Waals surface area (Å²) in [4.78, 5) is 22.8. The molecule has 1 aliphatic heterocycles. The number of fused-ring (bicyclic) bond motifs is 3. The molecule has 0 spiro atoms. The molecule has 0 bridgehead atoms. The number of benzene rings is 3. The Balaban J connectivity index is 1.60. The molecule has 11 heteroatoms. The van der Waals surface area contributed by atoms with Gasteiger partial charge in [0.2, 0.25) is 0 Å². The highest BCUT2D eigenvalue weighted by atomic mass is 35.5. The highest BCUT2D eigenvalue weighted by Gasteiger charge is 2.51. The summed E-state index contributed by atoms with van der Waals surface area (Å²) in [7, 11) is 1.44. The van der Waals surface area contributed by atoms with E-state index in [9.17, 15) is 24.6 Å². The van der Waals surface area contributed by atoms with Crippen LogP contribution in [0.5, 0.6) is 5.75 Å². The van der Waals surface area contributed by atoms with Crippen LogP contribution < -0.4 is 10.1 Å². The molecule has 1 heterocycles. The number of alkyl halides is 1. The van der Waals surface area contributed by atoms with Gasteiger partial charge in [0.1, 0.15) is 11.6 Å². The molecule has 8 nitrogen and oxygen atoms in total. The summed E-state index contributed by atoms with van der Waals surface area (Å²) in [5, 5.41) is 26.0. The number of methoxy groups -OCH3 is 1. The number of nitro groups is 2. The smallest absolute Gasteiger partial charge is 0.282 e. The third-order valence-corrected chi connectivity index (χ3v) is 8.98. The van der Waals surface area contributed by atoms with Crippen molar-refractivity contribution in [2.24, 2.45) is 5.92 Å². The third-order valence-electron chi connectivity index (χ3n) is 6.87. The lowest BCUT2D eigenvalue weighted by Crippen LogP contribution is -2.31. The van der Waals surface area contributed by atoms with E-state index in [1.807, 2.05) is 0 Å². The monoisotopic (exact) mass is 529 g/mol. The van der Waals surface area contributed by atoms with Crippen molar-refractivity contribution < 1.29 is 19.0 Å². The molecule has 3 aromatic carbocycles. The zero-order valence-corrected chi connectivity index (χ0v) is 20.5. The minimum Gasteiger partial charge on any atom is -0.494 e. The van der Waals surface area contributed by atoms with Crippen molar-refractivity contribution in [3.05, 3.63) is 97.8 Å². The predicted molar refractivity (Wildman–Crippen MR) is 136 cm³/mol. The topological polar surface area (TPSA) is 108 Å². The molecule has 36 heavy (non-hydrogen) atoms. The molecule has 0 aromatic heterocycles. The standard InChI is InChI=1S/C25H21ClFN3O5S/c1-35-19-11-15(29(31)32)10-16-22-17(24(28-25(16)19)13-6-8-14(27)9-7-13)12-21(23(22)26)36-20-5-3-2-4-18(20)30(33)34/h2-11,17,21-24,28H,12H2,1H3/t17-,21-,22-,23-,24-/m1/s1. The Bertz CT molecular complexity index is 1340. The number of para-hydroxylation sites is 1. The lowest BCUT2D eigenvalue weighted by Gasteiger charge is -2.38. The number of nitro benzene ring substituents is 2. The van der Waals surface area contributed by atoms with Gasteiger partial charge in [0.05, 0.1) is 45.0 Å². The molecule has 0 amide bonds. The highest BCUT2D eigenvalue weighted by Crippen LogP contribution is 2.60. The SMILES string of the molecule is COc1cc([N+](=O)[O-])cc2c1N[C@H](c1ccc(F)cc1)[C@@H]1C[C@@H](Sc3ccccc3[N+](=O)[O-])[C@@H](Cl)[C@H]21. The van der Waals surface area contributed by atoms with Gasteiger partial charge in [0.15, 0.2) is 0 Å². The fourth-order valence-corrected chi connectivity index (χ4v) is 7.25. The van der Waals surface area contributed by atoms with Crippen LogP contribution in [0.25, 0.3) is 0 Å². The van der Waals surface area contributed by atoms with Gasteiger partial charge in [-0.25, -0.2) is 4.39 Å². The van der Waals surface area contributed by atoms with Gasteiger partial charge in [-0.1, -0.05) is 24.3 Å². The van der Waals surface area contributed by atoms with Crippen LogP contribution in [-0.4, -0.2) is 27.6 Å². The van der Waals surface area contributed by atoms with Crippen LogP contribution in [0.15, 0.2) is 65.6 Å². The number of hydrogen-bond acceptors (Lipinski definition) is 7. The van der Waals surface area contributed by atoms with Gasteiger partial charge in [0, 0.05) is 23.3 Å². The zero-order chi connectivity index (χ0) is 25.6. The summed E-state index contributed by atoms with van der Waals surface area (Å²) in [5.41, 5.74) is 2.03. The maximum absolute atomic E-state index is 13.7. The van der Waals surface area contributed by atoms with E-state index in [1.165, 1.54) is 49.2 Å². The van der Waals surface area contributed by atoms with E-state index in [2.05, 4.69) is 5.32 Å². The molecule has 0 unspecified atom stereocenters. The third kappa shape index (κ3) is 4.24. The summed E-state index contributed by atoms with van der Waals surface area (Å²) in [6, 6.07) is 15.3. The van der Waals surface area contributed by atoms with Crippen molar-refractivity contribution in [2.75, 3.05) is 12.4 Å². The number of rotatable bonds is 6. The zero-order valence-electron chi connectivity index (χ0n) is 19.0. The molecule has 0 saturated heterocycles. The average Bonchev–Trinajstić information content (AvgIpc) is 3.19. The number of ether oxygens (including phenoxy) is 1. The summed E-state index contributed by atoms with van der Waals surface area (Å²) >= 11 is 8.43. The molecule has 0 radical (unpaired) electrons. The lowest BCUT2D eigenvalue weighted by molar-refractivity contribution is -0.387. The second-order valence-electron chi connectivity index (χ2n) is 8.79. The van der Waals surface area contributed by atoms with Gasteiger partial charge < -0.3 is 10.1 Å². The number of thioether (sulfide) groups is 1. The Morgan fingerprint density at radius 3 is 2.47 bits per heavy atom. The van der Waals surface area contributed by atoms with Crippen LogP contribution in [-0.2, 0) is 0 Å². The fraction of sp³-hybridized carbons (Fsp3) is 0.280. The first kappa shape index (κ1) is 24.3. The number of nitrogens with zero attached hydrogens (tertiary/aromatic N) is 2. The summed E-state index contributed by atoms with van der Waals surface area (Å²) in [6.07, 6.45) is 0.592. The van der Waals surface area contributed by atoms with Crippen molar-refractivity contribution in [2.45, 2.75) is 33.9 Å². The Kier molecular flexibility index (Phi) is 6.48. The molecule has 2 aliphatic rings. The largest absolute Gasteiger partial charge is 0.494 e. The van der Waals surface area contributed by atoms with E-state index in [1.54, 1.807) is 30.3 Å². The van der Waals surface area contributed by atoms with Crippen LogP contribution in [0.2, 0.25) is 0 Å². The molecule has 1 saturated carbocycles. The number of halogens is 2. The van der Waals surface area contributed by atoms with E-state index >= 15 is 0 Å². The van der Waals surface area contributed by atoms with Gasteiger partial charge in [0.25, 0.3) is 11.4 Å². The second-order valence-corrected chi connectivity index (χ2v) is 10.6. The minimum atomic E-state index is -0.477. The minimum absolute atomic E-state index is 0.00663. The number of nitrogens with one attached hydrogen (secondary N) is 1. The number of anilines is 1.